The summed E-state index contributed by atoms with van der Waals surface area (Å²) in [4.78, 5) is 19.1. The maximum absolute atomic E-state index is 10.4. The van der Waals surface area contributed by atoms with Gasteiger partial charge in [0.2, 0.25) is 0 Å². The van der Waals surface area contributed by atoms with Crippen LogP contribution in [0, 0.1) is 27.2 Å². The van der Waals surface area contributed by atoms with E-state index in [-0.39, 0.29) is 67.5 Å². The second-order valence-corrected chi connectivity index (χ2v) is 2.64. The van der Waals surface area contributed by atoms with Crippen molar-refractivity contribution in [3.8, 4) is 5.75 Å². The molecule has 1 aromatic rings. The third-order valence-corrected chi connectivity index (χ3v) is 1.67. The summed E-state index contributed by atoms with van der Waals surface area (Å²) < 4.78 is 0. The van der Waals surface area contributed by atoms with Gasteiger partial charge in [0.05, 0.1) is 15.9 Å². The molecular formula is C7H8N2Na2O5. The molecule has 0 amide bonds. The summed E-state index contributed by atoms with van der Waals surface area (Å²) >= 11 is 0. The molecule has 0 bridgehead atoms. The van der Waals surface area contributed by atoms with Crippen LogP contribution in [0.1, 0.15) is 8.42 Å². The van der Waals surface area contributed by atoms with Gasteiger partial charge in [-0.15, -0.1) is 0 Å². The third-order valence-electron chi connectivity index (χ3n) is 1.67. The van der Waals surface area contributed by atoms with Gasteiger partial charge in [0.1, 0.15) is 0 Å². The molecule has 7 nitrogen and oxygen atoms in total. The zero-order valence-corrected chi connectivity index (χ0v) is 13.1. The Morgan fingerprint density at radius 2 is 1.69 bits per heavy atom. The Kier molecular flexibility index (Phi) is 8.19. The Morgan fingerprint density at radius 3 is 2.06 bits per heavy atom. The molecule has 0 atom stereocenters. The predicted molar refractivity (Wildman–Crippen MR) is 48.4 cm³/mol. The van der Waals surface area contributed by atoms with E-state index in [1.54, 1.807) is 0 Å². The Balaban J connectivity index is -0.000000245. The van der Waals surface area contributed by atoms with E-state index in [9.17, 15) is 25.3 Å². The van der Waals surface area contributed by atoms with Crippen molar-refractivity contribution in [2.75, 3.05) is 0 Å². The minimum Gasteiger partial charge on any atom is -1.00 e. The molecule has 16 heavy (non-hydrogen) atoms. The van der Waals surface area contributed by atoms with Gasteiger partial charge in [0.25, 0.3) is 5.69 Å². The molecule has 0 radical (unpaired) electrons. The van der Waals surface area contributed by atoms with Crippen LogP contribution in [0.2, 0.25) is 0 Å². The number of phenols is 1. The van der Waals surface area contributed by atoms with E-state index in [1.165, 1.54) is 6.92 Å². The van der Waals surface area contributed by atoms with Crippen molar-refractivity contribution in [3.63, 3.8) is 0 Å². The normalized spacial score (nSPS) is 8.56. The Morgan fingerprint density at radius 1 is 1.19 bits per heavy atom. The van der Waals surface area contributed by atoms with Crippen molar-refractivity contribution >= 4 is 11.4 Å². The number of nitrogens with zero attached hydrogens (tertiary/aromatic N) is 2. The molecule has 0 fully saturated rings. The number of phenolic OH excluding ortho intramolecular Hbond substituents is 1. The first kappa shape index (κ1) is 18.2. The fourth-order valence-corrected chi connectivity index (χ4v) is 0.987. The Labute approximate surface area is 138 Å². The average Bonchev–Trinajstić information content (AvgIpc) is 2.08. The second kappa shape index (κ2) is 7.21. The van der Waals surface area contributed by atoms with Crippen LogP contribution in [0.15, 0.2) is 12.1 Å². The summed E-state index contributed by atoms with van der Waals surface area (Å²) in [7, 11) is 0. The summed E-state index contributed by atoms with van der Waals surface area (Å²) in [6, 6.07) is 1.80. The van der Waals surface area contributed by atoms with Gasteiger partial charge in [0, 0.05) is 11.6 Å². The summed E-state index contributed by atoms with van der Waals surface area (Å²) in [6.45, 7) is 1.36. The molecule has 0 aliphatic carbocycles. The molecule has 0 aromatic heterocycles. The molecule has 0 aliphatic rings. The molecule has 9 heteroatoms. The first-order chi connectivity index (χ1) is 6.43. The molecule has 0 saturated heterocycles. The van der Waals surface area contributed by atoms with E-state index in [4.69, 9.17) is 0 Å². The molecule has 0 saturated carbocycles. The smallest absolute Gasteiger partial charge is 1.00 e. The van der Waals surface area contributed by atoms with Crippen molar-refractivity contribution in [1.29, 1.82) is 0 Å². The zero-order valence-electron chi connectivity index (χ0n) is 11.1. The molecule has 0 spiro atoms. The number of non-ortho nitro benzene ring substituents is 1. The molecule has 0 aliphatic heterocycles. The average molecular weight is 246 g/mol. The van der Waals surface area contributed by atoms with Gasteiger partial charge in [-0.25, -0.2) is 0 Å². The zero-order chi connectivity index (χ0) is 10.9. The fourth-order valence-electron chi connectivity index (χ4n) is 0.987. The number of nitro benzene ring substituents is 2. The van der Waals surface area contributed by atoms with Crippen LogP contribution in [0.5, 0.6) is 5.75 Å². The number of rotatable bonds is 2. The van der Waals surface area contributed by atoms with Gasteiger partial charge < -0.3 is 7.96 Å². The summed E-state index contributed by atoms with van der Waals surface area (Å²) in [5.74, 6) is -0.541. The van der Waals surface area contributed by atoms with Crippen molar-refractivity contribution in [2.45, 2.75) is 6.92 Å². The van der Waals surface area contributed by atoms with Crippen LogP contribution in [0.4, 0.5) is 11.4 Å². The van der Waals surface area contributed by atoms with E-state index >= 15 is 0 Å². The number of nitro groups is 2. The maximum atomic E-state index is 10.4. The van der Waals surface area contributed by atoms with Gasteiger partial charge in [-0.1, -0.05) is 0 Å². The Hall–Kier alpha value is -0.180. The number of hydrogen-bond donors (Lipinski definition) is 1. The van der Waals surface area contributed by atoms with Crippen LogP contribution < -0.4 is 59.1 Å². The molecule has 0 unspecified atom stereocenters. The van der Waals surface area contributed by atoms with Gasteiger partial charge >= 0.3 is 64.8 Å². The molecular weight excluding hydrogens is 238 g/mol. The molecule has 1 aromatic carbocycles. The van der Waals surface area contributed by atoms with E-state index < -0.39 is 27.0 Å². The largest absolute Gasteiger partial charge is 1.00 e. The van der Waals surface area contributed by atoms with Crippen molar-refractivity contribution in [2.24, 2.45) is 0 Å². The van der Waals surface area contributed by atoms with Gasteiger partial charge in [0.15, 0.2) is 5.75 Å². The van der Waals surface area contributed by atoms with Crippen molar-refractivity contribution < 1.29 is 76.9 Å². The molecule has 1 rings (SSSR count). The minimum atomic E-state index is -0.866. The monoisotopic (exact) mass is 246 g/mol. The van der Waals surface area contributed by atoms with Crippen LogP contribution in [0.25, 0.3) is 0 Å². The summed E-state index contributed by atoms with van der Waals surface area (Å²) in [5.41, 5.74) is -0.963. The molecule has 78 valence electrons. The Bertz CT molecular complexity index is 433. The van der Waals surface area contributed by atoms with E-state index in [0.717, 1.165) is 12.1 Å². The number of hydrogen-bond acceptors (Lipinski definition) is 5. The summed E-state index contributed by atoms with van der Waals surface area (Å²) in [5, 5.41) is 29.9. The van der Waals surface area contributed by atoms with Gasteiger partial charge in [-0.05, 0) is 6.92 Å². The third kappa shape index (κ3) is 4.00. The second-order valence-electron chi connectivity index (χ2n) is 2.64. The molecule has 0 heterocycles. The number of aromatic hydroxyl groups is 1. The van der Waals surface area contributed by atoms with Crippen molar-refractivity contribution in [1.82, 2.24) is 0 Å². The minimum absolute atomic E-state index is 0. The van der Waals surface area contributed by atoms with Gasteiger partial charge in [-0.3, -0.25) is 20.2 Å². The first-order valence-electron chi connectivity index (χ1n) is 3.56. The van der Waals surface area contributed by atoms with E-state index in [0.29, 0.717) is 0 Å². The van der Waals surface area contributed by atoms with E-state index in [1.807, 2.05) is 0 Å². The summed E-state index contributed by atoms with van der Waals surface area (Å²) in [6.07, 6.45) is 0. The molecule has 1 N–H and O–H groups in total. The topological polar surface area (TPSA) is 107 Å². The quantitative estimate of drug-likeness (QED) is 0.323. The van der Waals surface area contributed by atoms with Gasteiger partial charge in [-0.2, -0.15) is 0 Å². The van der Waals surface area contributed by atoms with Crippen LogP contribution in [-0.2, 0) is 0 Å². The SMILES string of the molecule is Cc1cc([N+](=O)[O-])cc([N+](=O)[O-])c1O.[H-].[H-].[Na+].[Na+]. The van der Waals surface area contributed by atoms with Crippen LogP contribution in [-0.4, -0.2) is 15.0 Å². The fraction of sp³-hybridized carbons (Fsp3) is 0.143. The standard InChI is InChI=1S/C7H6N2O5.2Na.2H/c1-4-2-5(8(11)12)3-6(7(4)10)9(13)14;;;;/h2-3,10H,1H3;;;;/q;2*+1;2*-1. The van der Waals surface area contributed by atoms with Crippen molar-refractivity contribution in [3.05, 3.63) is 37.9 Å². The van der Waals surface area contributed by atoms with Crippen LogP contribution >= 0.6 is 0 Å². The number of aryl methyl sites for hydroxylation is 1. The first-order valence-corrected chi connectivity index (χ1v) is 3.56. The van der Waals surface area contributed by atoms with E-state index in [2.05, 4.69) is 0 Å². The maximum Gasteiger partial charge on any atom is 1.00 e. The van der Waals surface area contributed by atoms with Crippen LogP contribution in [0.3, 0.4) is 0 Å². The predicted octanol–water partition coefficient (Wildman–Crippen LogP) is -4.25. The number of benzene rings is 1.